The molecule has 1 N–H and O–H groups in total. The second kappa shape index (κ2) is 9.40. The van der Waals surface area contributed by atoms with Crippen molar-refractivity contribution in [3.63, 3.8) is 0 Å². The first-order valence-corrected chi connectivity index (χ1v) is 7.71. The predicted octanol–water partition coefficient (Wildman–Crippen LogP) is 2.56. The molecule has 0 saturated heterocycles. The molecule has 4 nitrogen and oxygen atoms in total. The van der Waals surface area contributed by atoms with Crippen LogP contribution in [-0.2, 0) is 13.1 Å². The number of hydrogen-bond donors (Lipinski definition) is 1. The van der Waals surface area contributed by atoms with Gasteiger partial charge in [-0.3, -0.25) is 4.99 Å². The fourth-order valence-electron chi connectivity index (χ4n) is 2.19. The van der Waals surface area contributed by atoms with Gasteiger partial charge in [0, 0.05) is 33.7 Å². The van der Waals surface area contributed by atoms with Gasteiger partial charge in [0.25, 0.3) is 0 Å². The van der Waals surface area contributed by atoms with Crippen molar-refractivity contribution in [1.29, 1.82) is 0 Å². The molecule has 0 atom stereocenters. The molecule has 21 heavy (non-hydrogen) atoms. The summed E-state index contributed by atoms with van der Waals surface area (Å²) >= 11 is 0. The van der Waals surface area contributed by atoms with E-state index in [0.29, 0.717) is 0 Å². The van der Waals surface area contributed by atoms with E-state index >= 15 is 0 Å². The molecular formula is C17H30N4. The molecule has 0 aliphatic heterocycles. The average molecular weight is 290 g/mol. The predicted molar refractivity (Wildman–Crippen MR) is 91.6 cm³/mol. The first-order chi connectivity index (χ1) is 10.1. The molecule has 0 saturated carbocycles. The van der Waals surface area contributed by atoms with E-state index < -0.39 is 0 Å². The maximum atomic E-state index is 4.34. The van der Waals surface area contributed by atoms with Gasteiger partial charge in [0.1, 0.15) is 0 Å². The number of benzene rings is 1. The van der Waals surface area contributed by atoms with Crippen LogP contribution in [-0.4, -0.2) is 50.5 Å². The third-order valence-corrected chi connectivity index (χ3v) is 3.39. The Hall–Kier alpha value is -1.55. The first kappa shape index (κ1) is 17.5. The van der Waals surface area contributed by atoms with Crippen LogP contribution in [0, 0.1) is 0 Å². The van der Waals surface area contributed by atoms with E-state index in [0.717, 1.165) is 25.6 Å². The number of guanidine groups is 1. The lowest BCUT2D eigenvalue weighted by atomic mass is 10.1. The Kier molecular flexibility index (Phi) is 7.83. The number of unbranched alkanes of at least 4 members (excludes halogenated alkanes) is 1. The summed E-state index contributed by atoms with van der Waals surface area (Å²) in [5.41, 5.74) is 2.62. The minimum absolute atomic E-state index is 0.811. The van der Waals surface area contributed by atoms with Crippen LogP contribution in [0.1, 0.15) is 30.9 Å². The lowest BCUT2D eigenvalue weighted by Gasteiger charge is -2.22. The van der Waals surface area contributed by atoms with Gasteiger partial charge in [-0.05, 0) is 31.6 Å². The van der Waals surface area contributed by atoms with Crippen molar-refractivity contribution in [1.82, 2.24) is 15.1 Å². The van der Waals surface area contributed by atoms with E-state index in [1.807, 2.05) is 7.05 Å². The summed E-state index contributed by atoms with van der Waals surface area (Å²) < 4.78 is 0. The second-order valence-corrected chi connectivity index (χ2v) is 5.73. The smallest absolute Gasteiger partial charge is 0.193 e. The summed E-state index contributed by atoms with van der Waals surface area (Å²) in [5.74, 6) is 0.959. The van der Waals surface area contributed by atoms with Gasteiger partial charge in [-0.2, -0.15) is 0 Å². The maximum Gasteiger partial charge on any atom is 0.193 e. The molecule has 0 aliphatic carbocycles. The largest absolute Gasteiger partial charge is 0.352 e. The Labute approximate surface area is 129 Å². The fraction of sp³-hybridized carbons (Fsp3) is 0.588. The zero-order valence-corrected chi connectivity index (χ0v) is 14.2. The second-order valence-electron chi connectivity index (χ2n) is 5.73. The highest BCUT2D eigenvalue weighted by Gasteiger charge is 2.04. The van der Waals surface area contributed by atoms with Crippen molar-refractivity contribution in [2.75, 3.05) is 34.7 Å². The SMILES string of the molecule is CCCCN(C)C(=NC)NCc1ccc(CN(C)C)cc1. The Morgan fingerprint density at radius 1 is 1.10 bits per heavy atom. The Morgan fingerprint density at radius 3 is 2.24 bits per heavy atom. The summed E-state index contributed by atoms with van der Waals surface area (Å²) in [6.45, 7) is 5.04. The highest BCUT2D eigenvalue weighted by Crippen LogP contribution is 2.06. The van der Waals surface area contributed by atoms with Crippen LogP contribution in [0.2, 0.25) is 0 Å². The standard InChI is InChI=1S/C17H30N4/c1-6-7-12-21(5)17(18-2)19-13-15-8-10-16(11-9-15)14-20(3)4/h8-11H,6-7,12-14H2,1-5H3,(H,18,19). The van der Waals surface area contributed by atoms with Gasteiger partial charge in [0.2, 0.25) is 0 Å². The molecule has 4 heteroatoms. The van der Waals surface area contributed by atoms with Gasteiger partial charge in [0.05, 0.1) is 0 Å². The molecule has 0 radical (unpaired) electrons. The molecule has 0 bridgehead atoms. The molecule has 0 fully saturated rings. The van der Waals surface area contributed by atoms with E-state index in [1.165, 1.54) is 24.0 Å². The zero-order valence-electron chi connectivity index (χ0n) is 14.2. The minimum Gasteiger partial charge on any atom is -0.352 e. The molecule has 1 aromatic rings. The van der Waals surface area contributed by atoms with E-state index in [9.17, 15) is 0 Å². The third-order valence-electron chi connectivity index (χ3n) is 3.39. The van der Waals surface area contributed by atoms with Crippen LogP contribution >= 0.6 is 0 Å². The first-order valence-electron chi connectivity index (χ1n) is 7.71. The van der Waals surface area contributed by atoms with Crippen molar-refractivity contribution in [3.05, 3.63) is 35.4 Å². The van der Waals surface area contributed by atoms with Crippen LogP contribution in [0.5, 0.6) is 0 Å². The quantitative estimate of drug-likeness (QED) is 0.618. The number of hydrogen-bond acceptors (Lipinski definition) is 2. The highest BCUT2D eigenvalue weighted by atomic mass is 15.3. The normalized spacial score (nSPS) is 11.8. The van der Waals surface area contributed by atoms with Crippen LogP contribution in [0.15, 0.2) is 29.3 Å². The number of nitrogens with zero attached hydrogens (tertiary/aromatic N) is 3. The molecule has 0 unspecified atom stereocenters. The molecule has 1 rings (SSSR count). The Bertz CT molecular complexity index is 423. The van der Waals surface area contributed by atoms with Crippen LogP contribution < -0.4 is 5.32 Å². The van der Waals surface area contributed by atoms with Crippen LogP contribution in [0.4, 0.5) is 0 Å². The van der Waals surface area contributed by atoms with Gasteiger partial charge in [-0.1, -0.05) is 37.6 Å². The lowest BCUT2D eigenvalue weighted by molar-refractivity contribution is 0.402. The van der Waals surface area contributed by atoms with E-state index in [-0.39, 0.29) is 0 Å². The summed E-state index contributed by atoms with van der Waals surface area (Å²) in [5, 5.41) is 3.42. The zero-order chi connectivity index (χ0) is 15.7. The lowest BCUT2D eigenvalue weighted by Crippen LogP contribution is -2.38. The Balaban J connectivity index is 2.49. The molecule has 0 aliphatic rings. The van der Waals surface area contributed by atoms with Gasteiger partial charge in [-0.25, -0.2) is 0 Å². The number of rotatable bonds is 7. The van der Waals surface area contributed by atoms with Crippen molar-refractivity contribution in [2.24, 2.45) is 4.99 Å². The summed E-state index contributed by atoms with van der Waals surface area (Å²) in [6.07, 6.45) is 2.39. The molecular weight excluding hydrogens is 260 g/mol. The molecule has 0 amide bonds. The maximum absolute atomic E-state index is 4.34. The summed E-state index contributed by atoms with van der Waals surface area (Å²) in [6, 6.07) is 8.76. The van der Waals surface area contributed by atoms with Gasteiger partial charge in [-0.15, -0.1) is 0 Å². The third kappa shape index (κ3) is 6.63. The summed E-state index contributed by atoms with van der Waals surface area (Å²) in [4.78, 5) is 8.70. The van der Waals surface area contributed by atoms with Gasteiger partial charge in [0.15, 0.2) is 5.96 Å². The summed E-state index contributed by atoms with van der Waals surface area (Å²) in [7, 11) is 8.10. The topological polar surface area (TPSA) is 30.9 Å². The van der Waals surface area contributed by atoms with Crippen molar-refractivity contribution in [2.45, 2.75) is 32.9 Å². The molecule has 0 aromatic heterocycles. The van der Waals surface area contributed by atoms with Crippen LogP contribution in [0.3, 0.4) is 0 Å². The fourth-order valence-corrected chi connectivity index (χ4v) is 2.19. The monoisotopic (exact) mass is 290 g/mol. The molecule has 118 valence electrons. The average Bonchev–Trinajstić information content (AvgIpc) is 2.46. The minimum atomic E-state index is 0.811. The van der Waals surface area contributed by atoms with Crippen molar-refractivity contribution < 1.29 is 0 Å². The number of nitrogens with one attached hydrogen (secondary N) is 1. The van der Waals surface area contributed by atoms with E-state index in [2.05, 4.69) is 72.4 Å². The Morgan fingerprint density at radius 2 is 1.71 bits per heavy atom. The van der Waals surface area contributed by atoms with Crippen molar-refractivity contribution >= 4 is 5.96 Å². The van der Waals surface area contributed by atoms with Gasteiger partial charge < -0.3 is 15.1 Å². The molecule has 0 heterocycles. The van der Waals surface area contributed by atoms with E-state index in [4.69, 9.17) is 0 Å². The molecule has 0 spiro atoms. The van der Waals surface area contributed by atoms with Gasteiger partial charge >= 0.3 is 0 Å². The van der Waals surface area contributed by atoms with Crippen molar-refractivity contribution in [3.8, 4) is 0 Å². The van der Waals surface area contributed by atoms with E-state index in [1.54, 1.807) is 0 Å². The number of aliphatic imine (C=N–C) groups is 1. The van der Waals surface area contributed by atoms with Crippen LogP contribution in [0.25, 0.3) is 0 Å². The molecule has 1 aromatic carbocycles. The highest BCUT2D eigenvalue weighted by molar-refractivity contribution is 5.79.